The van der Waals surface area contributed by atoms with E-state index in [0.717, 1.165) is 18.5 Å². The highest BCUT2D eigenvalue weighted by molar-refractivity contribution is 5.28. The number of rotatable bonds is 7. The lowest BCUT2D eigenvalue weighted by molar-refractivity contribution is -0.0498. The molecule has 0 fully saturated rings. The number of hydrogen-bond donors (Lipinski definition) is 1. The molecule has 0 amide bonds. The van der Waals surface area contributed by atoms with Crippen LogP contribution < -0.4 is 10.1 Å². The van der Waals surface area contributed by atoms with Crippen LogP contribution in [0.4, 0.5) is 8.78 Å². The van der Waals surface area contributed by atoms with Gasteiger partial charge in [-0.05, 0) is 35.2 Å². The number of alkyl halides is 2. The van der Waals surface area contributed by atoms with Crippen LogP contribution in [0.1, 0.15) is 23.6 Å². The van der Waals surface area contributed by atoms with Crippen molar-refractivity contribution in [2.24, 2.45) is 0 Å². The lowest BCUT2D eigenvalue weighted by atomic mass is 10.1. The Morgan fingerprint density at radius 1 is 0.952 bits per heavy atom. The van der Waals surface area contributed by atoms with Crippen molar-refractivity contribution in [2.75, 3.05) is 0 Å². The SMILES string of the molecule is CCc1ccccc1CNCc1ccc(OC(F)F)cc1. The maximum absolute atomic E-state index is 12.0. The van der Waals surface area contributed by atoms with E-state index in [9.17, 15) is 8.78 Å². The van der Waals surface area contributed by atoms with Crippen molar-refractivity contribution in [2.45, 2.75) is 33.0 Å². The first kappa shape index (κ1) is 15.4. The van der Waals surface area contributed by atoms with Crippen molar-refractivity contribution in [3.63, 3.8) is 0 Å². The number of nitrogens with one attached hydrogen (secondary N) is 1. The second kappa shape index (κ2) is 7.74. The van der Waals surface area contributed by atoms with E-state index >= 15 is 0 Å². The quantitative estimate of drug-likeness (QED) is 0.828. The third-order valence-electron chi connectivity index (χ3n) is 3.29. The summed E-state index contributed by atoms with van der Waals surface area (Å²) in [6.45, 7) is 0.840. The molecule has 2 rings (SSSR count). The molecule has 4 heteroatoms. The van der Waals surface area contributed by atoms with Gasteiger partial charge in [0.05, 0.1) is 0 Å². The van der Waals surface area contributed by atoms with E-state index < -0.39 is 6.61 Å². The molecule has 2 aromatic rings. The molecule has 0 heterocycles. The molecule has 0 spiro atoms. The molecule has 2 aromatic carbocycles. The predicted octanol–water partition coefficient (Wildman–Crippen LogP) is 4.14. The Hall–Kier alpha value is -1.94. The Labute approximate surface area is 123 Å². The second-order valence-electron chi connectivity index (χ2n) is 4.75. The molecule has 0 saturated heterocycles. The molecule has 0 radical (unpaired) electrons. The number of benzene rings is 2. The van der Waals surface area contributed by atoms with Crippen LogP contribution in [0.15, 0.2) is 48.5 Å². The lowest BCUT2D eigenvalue weighted by Crippen LogP contribution is -2.14. The molecule has 0 bridgehead atoms. The van der Waals surface area contributed by atoms with Gasteiger partial charge in [-0.1, -0.05) is 43.3 Å². The van der Waals surface area contributed by atoms with Gasteiger partial charge >= 0.3 is 6.61 Å². The summed E-state index contributed by atoms with van der Waals surface area (Å²) in [6.07, 6.45) is 1.01. The van der Waals surface area contributed by atoms with Gasteiger partial charge in [-0.3, -0.25) is 0 Å². The highest BCUT2D eigenvalue weighted by Crippen LogP contribution is 2.15. The van der Waals surface area contributed by atoms with Crippen LogP contribution >= 0.6 is 0 Å². The molecule has 0 aliphatic heterocycles. The minimum atomic E-state index is -2.78. The maximum atomic E-state index is 12.0. The van der Waals surface area contributed by atoms with Crippen LogP contribution in [-0.4, -0.2) is 6.61 Å². The van der Waals surface area contributed by atoms with Gasteiger partial charge < -0.3 is 10.1 Å². The Kier molecular flexibility index (Phi) is 5.69. The Morgan fingerprint density at radius 2 is 1.62 bits per heavy atom. The fourth-order valence-corrected chi connectivity index (χ4v) is 2.21. The molecule has 0 aromatic heterocycles. The van der Waals surface area contributed by atoms with Crippen molar-refractivity contribution in [1.82, 2.24) is 5.32 Å². The second-order valence-corrected chi connectivity index (χ2v) is 4.75. The first-order valence-corrected chi connectivity index (χ1v) is 7.00. The van der Waals surface area contributed by atoms with Crippen LogP contribution in [0.25, 0.3) is 0 Å². The highest BCUT2D eigenvalue weighted by Gasteiger charge is 2.04. The molecule has 0 aliphatic rings. The predicted molar refractivity (Wildman–Crippen MR) is 79.4 cm³/mol. The number of hydrogen-bond acceptors (Lipinski definition) is 2. The zero-order chi connectivity index (χ0) is 15.1. The van der Waals surface area contributed by atoms with Crippen molar-refractivity contribution in [1.29, 1.82) is 0 Å². The van der Waals surface area contributed by atoms with E-state index in [4.69, 9.17) is 0 Å². The normalized spacial score (nSPS) is 10.9. The highest BCUT2D eigenvalue weighted by atomic mass is 19.3. The van der Waals surface area contributed by atoms with E-state index in [1.54, 1.807) is 24.3 Å². The summed E-state index contributed by atoms with van der Waals surface area (Å²) in [5.41, 5.74) is 3.66. The fraction of sp³-hybridized carbons (Fsp3) is 0.294. The summed E-state index contributed by atoms with van der Waals surface area (Å²) in [5.74, 6) is 0.185. The molecule has 0 aliphatic carbocycles. The largest absolute Gasteiger partial charge is 0.435 e. The van der Waals surface area contributed by atoms with Crippen LogP contribution in [0.3, 0.4) is 0 Å². The van der Waals surface area contributed by atoms with Gasteiger partial charge in [0.15, 0.2) is 0 Å². The van der Waals surface area contributed by atoms with Crippen LogP contribution in [0.2, 0.25) is 0 Å². The standard InChI is InChI=1S/C17H19F2NO/c1-2-14-5-3-4-6-15(14)12-20-11-13-7-9-16(10-8-13)21-17(18)19/h3-10,17,20H,2,11-12H2,1H3. The summed E-state index contributed by atoms with van der Waals surface area (Å²) < 4.78 is 28.4. The van der Waals surface area contributed by atoms with Crippen molar-refractivity contribution < 1.29 is 13.5 Å². The lowest BCUT2D eigenvalue weighted by Gasteiger charge is -2.10. The smallest absolute Gasteiger partial charge is 0.387 e. The van der Waals surface area contributed by atoms with E-state index in [2.05, 4.69) is 29.1 Å². The van der Waals surface area contributed by atoms with Crippen molar-refractivity contribution >= 4 is 0 Å². The molecule has 21 heavy (non-hydrogen) atoms. The van der Waals surface area contributed by atoms with Crippen LogP contribution in [0.5, 0.6) is 5.75 Å². The first-order valence-electron chi connectivity index (χ1n) is 7.00. The number of halogens is 2. The van der Waals surface area contributed by atoms with E-state index in [0.29, 0.717) is 6.54 Å². The average Bonchev–Trinajstić information content (AvgIpc) is 2.49. The molecular formula is C17H19F2NO. The van der Waals surface area contributed by atoms with E-state index in [1.807, 2.05) is 12.1 Å². The van der Waals surface area contributed by atoms with Crippen LogP contribution in [-0.2, 0) is 19.5 Å². The Bertz CT molecular complexity index is 555. The minimum Gasteiger partial charge on any atom is -0.435 e. The first-order chi connectivity index (χ1) is 10.2. The van der Waals surface area contributed by atoms with Crippen molar-refractivity contribution in [3.05, 3.63) is 65.2 Å². The summed E-state index contributed by atoms with van der Waals surface area (Å²) >= 11 is 0. The zero-order valence-electron chi connectivity index (χ0n) is 12.0. The van der Waals surface area contributed by atoms with Crippen molar-refractivity contribution in [3.8, 4) is 5.75 Å². The van der Waals surface area contributed by atoms with Gasteiger partial charge in [0.2, 0.25) is 0 Å². The minimum absolute atomic E-state index is 0.185. The molecule has 0 saturated carbocycles. The molecule has 0 unspecified atom stereocenters. The molecule has 2 nitrogen and oxygen atoms in total. The van der Waals surface area contributed by atoms with Crippen LogP contribution in [0, 0.1) is 0 Å². The Balaban J connectivity index is 1.86. The van der Waals surface area contributed by atoms with E-state index in [-0.39, 0.29) is 5.75 Å². The van der Waals surface area contributed by atoms with Gasteiger partial charge in [0, 0.05) is 13.1 Å². The van der Waals surface area contributed by atoms with Gasteiger partial charge in [-0.2, -0.15) is 8.78 Å². The van der Waals surface area contributed by atoms with Gasteiger partial charge in [-0.15, -0.1) is 0 Å². The van der Waals surface area contributed by atoms with Gasteiger partial charge in [0.1, 0.15) is 5.75 Å². The number of aryl methyl sites for hydroxylation is 1. The molecule has 0 atom stereocenters. The molecule has 1 N–H and O–H groups in total. The topological polar surface area (TPSA) is 21.3 Å². The zero-order valence-corrected chi connectivity index (χ0v) is 12.0. The van der Waals surface area contributed by atoms with Gasteiger partial charge in [-0.25, -0.2) is 0 Å². The summed E-state index contributed by atoms with van der Waals surface area (Å²) in [4.78, 5) is 0. The summed E-state index contributed by atoms with van der Waals surface area (Å²) in [7, 11) is 0. The molecular weight excluding hydrogens is 272 g/mol. The third-order valence-corrected chi connectivity index (χ3v) is 3.29. The number of ether oxygens (including phenoxy) is 1. The Morgan fingerprint density at radius 3 is 2.24 bits per heavy atom. The maximum Gasteiger partial charge on any atom is 0.387 e. The third kappa shape index (κ3) is 4.83. The molecule has 112 valence electrons. The van der Waals surface area contributed by atoms with E-state index in [1.165, 1.54) is 11.1 Å². The fourth-order valence-electron chi connectivity index (χ4n) is 2.21. The van der Waals surface area contributed by atoms with Gasteiger partial charge in [0.25, 0.3) is 0 Å². The summed E-state index contributed by atoms with van der Waals surface area (Å²) in [6, 6.07) is 15.0. The average molecular weight is 291 g/mol. The summed E-state index contributed by atoms with van der Waals surface area (Å²) in [5, 5.41) is 3.36. The monoisotopic (exact) mass is 291 g/mol.